The van der Waals surface area contributed by atoms with Crippen LogP contribution in [0.15, 0.2) is 18.2 Å². The molecule has 0 radical (unpaired) electrons. The van der Waals surface area contributed by atoms with Gasteiger partial charge in [-0.25, -0.2) is 0 Å². The molecule has 14 heavy (non-hydrogen) atoms. The summed E-state index contributed by atoms with van der Waals surface area (Å²) < 4.78 is 11.0. The molecule has 2 atom stereocenters. The van der Waals surface area contributed by atoms with Gasteiger partial charge in [-0.3, -0.25) is 4.21 Å². The molecule has 1 aromatic carbocycles. The van der Waals surface area contributed by atoms with E-state index in [1.165, 1.54) is 11.1 Å². The molecule has 0 aliphatic heterocycles. The van der Waals surface area contributed by atoms with Crippen molar-refractivity contribution in [1.82, 2.24) is 0 Å². The number of hydrogen-bond donors (Lipinski definition) is 1. The Morgan fingerprint density at radius 1 is 1.29 bits per heavy atom. The Balaban J connectivity index is 2.89. The summed E-state index contributed by atoms with van der Waals surface area (Å²) in [5.74, 6) is 0.531. The summed E-state index contributed by atoms with van der Waals surface area (Å²) in [5, 5.41) is 0. The average Bonchev–Trinajstić information content (AvgIpc) is 2.00. The fourth-order valence-electron chi connectivity index (χ4n) is 1.57. The van der Waals surface area contributed by atoms with E-state index in [1.807, 2.05) is 13.8 Å². The van der Waals surface area contributed by atoms with Gasteiger partial charge in [-0.15, -0.1) is 0 Å². The van der Waals surface area contributed by atoms with Crippen molar-refractivity contribution in [2.45, 2.75) is 19.9 Å². The van der Waals surface area contributed by atoms with Crippen molar-refractivity contribution in [2.75, 3.05) is 12.0 Å². The van der Waals surface area contributed by atoms with Gasteiger partial charge in [0.05, 0.1) is 0 Å². The molecule has 0 aromatic heterocycles. The molecular formula is C11H17NOS. The third-order valence-corrected chi connectivity index (χ3v) is 2.91. The van der Waals surface area contributed by atoms with Crippen molar-refractivity contribution >= 4 is 10.8 Å². The SMILES string of the molecule is Cc1cc(C)cc(C(N)CS(C)=O)c1. The molecule has 1 rings (SSSR count). The molecule has 0 heterocycles. The average molecular weight is 211 g/mol. The maximum Gasteiger partial charge on any atom is 0.0425 e. The van der Waals surface area contributed by atoms with Gasteiger partial charge >= 0.3 is 0 Å². The zero-order valence-electron chi connectivity index (χ0n) is 8.91. The lowest BCUT2D eigenvalue weighted by molar-refractivity contribution is 0.679. The summed E-state index contributed by atoms with van der Waals surface area (Å²) in [6.45, 7) is 4.10. The summed E-state index contributed by atoms with van der Waals surface area (Å²) in [6, 6.07) is 6.12. The van der Waals surface area contributed by atoms with E-state index < -0.39 is 10.8 Å². The van der Waals surface area contributed by atoms with Crippen LogP contribution in [0.5, 0.6) is 0 Å². The quantitative estimate of drug-likeness (QED) is 0.826. The van der Waals surface area contributed by atoms with Gasteiger partial charge in [0.2, 0.25) is 0 Å². The van der Waals surface area contributed by atoms with E-state index in [1.54, 1.807) is 6.26 Å². The van der Waals surface area contributed by atoms with Gasteiger partial charge in [-0.1, -0.05) is 29.3 Å². The predicted molar refractivity (Wildman–Crippen MR) is 61.8 cm³/mol. The number of rotatable bonds is 3. The Morgan fingerprint density at radius 2 is 1.79 bits per heavy atom. The van der Waals surface area contributed by atoms with Crippen LogP contribution in [0.1, 0.15) is 22.7 Å². The molecule has 78 valence electrons. The minimum Gasteiger partial charge on any atom is -0.323 e. The predicted octanol–water partition coefficient (Wildman–Crippen LogP) is 1.68. The van der Waals surface area contributed by atoms with Gasteiger partial charge in [-0.05, 0) is 19.4 Å². The lowest BCUT2D eigenvalue weighted by Crippen LogP contribution is -2.17. The first-order valence-corrected chi connectivity index (χ1v) is 6.35. The molecule has 1 aromatic rings. The molecule has 0 aliphatic rings. The van der Waals surface area contributed by atoms with E-state index in [2.05, 4.69) is 18.2 Å². The minimum atomic E-state index is -0.834. The van der Waals surface area contributed by atoms with Crippen LogP contribution in [-0.4, -0.2) is 16.2 Å². The van der Waals surface area contributed by atoms with Crippen molar-refractivity contribution in [3.05, 3.63) is 34.9 Å². The summed E-state index contributed by atoms with van der Waals surface area (Å²) >= 11 is 0. The second-order valence-electron chi connectivity index (χ2n) is 3.77. The molecule has 2 nitrogen and oxygen atoms in total. The van der Waals surface area contributed by atoms with Crippen molar-refractivity contribution in [3.8, 4) is 0 Å². The molecule has 0 saturated heterocycles. The highest BCUT2D eigenvalue weighted by Crippen LogP contribution is 2.15. The van der Waals surface area contributed by atoms with E-state index in [9.17, 15) is 4.21 Å². The molecule has 0 spiro atoms. The van der Waals surface area contributed by atoms with Crippen LogP contribution >= 0.6 is 0 Å². The van der Waals surface area contributed by atoms with E-state index >= 15 is 0 Å². The summed E-state index contributed by atoms with van der Waals surface area (Å²) in [5.41, 5.74) is 9.43. The molecule has 0 aliphatic carbocycles. The Kier molecular flexibility index (Phi) is 3.84. The molecule has 0 fully saturated rings. The van der Waals surface area contributed by atoms with Gasteiger partial charge in [0, 0.05) is 28.9 Å². The van der Waals surface area contributed by atoms with Crippen LogP contribution in [0.25, 0.3) is 0 Å². The van der Waals surface area contributed by atoms with Crippen LogP contribution in [0.3, 0.4) is 0 Å². The maximum atomic E-state index is 11.0. The lowest BCUT2D eigenvalue weighted by Gasteiger charge is -2.12. The van der Waals surface area contributed by atoms with Crippen LogP contribution in [0.2, 0.25) is 0 Å². The molecule has 0 saturated carbocycles. The number of benzene rings is 1. The summed E-state index contributed by atoms with van der Waals surface area (Å²) in [7, 11) is -0.834. The standard InChI is InChI=1S/C11H17NOS/c1-8-4-9(2)6-10(5-8)11(12)7-14(3)13/h4-6,11H,7,12H2,1-3H3. The second-order valence-corrected chi connectivity index (χ2v) is 5.25. The Labute approximate surface area is 88.0 Å². The van der Waals surface area contributed by atoms with Crippen molar-refractivity contribution in [3.63, 3.8) is 0 Å². The Morgan fingerprint density at radius 3 is 2.21 bits per heavy atom. The first-order valence-electron chi connectivity index (χ1n) is 4.63. The molecule has 0 bridgehead atoms. The largest absolute Gasteiger partial charge is 0.323 e. The monoisotopic (exact) mass is 211 g/mol. The van der Waals surface area contributed by atoms with Gasteiger partial charge in [0.25, 0.3) is 0 Å². The molecule has 2 unspecified atom stereocenters. The normalized spacial score (nSPS) is 15.1. The highest BCUT2D eigenvalue weighted by molar-refractivity contribution is 7.84. The van der Waals surface area contributed by atoms with Gasteiger partial charge in [-0.2, -0.15) is 0 Å². The first kappa shape index (κ1) is 11.4. The zero-order chi connectivity index (χ0) is 10.7. The number of aryl methyl sites for hydroxylation is 2. The highest BCUT2D eigenvalue weighted by Gasteiger charge is 2.08. The second kappa shape index (κ2) is 4.71. The highest BCUT2D eigenvalue weighted by atomic mass is 32.2. The smallest absolute Gasteiger partial charge is 0.0425 e. The van der Waals surface area contributed by atoms with Gasteiger partial charge in [0.15, 0.2) is 0 Å². The topological polar surface area (TPSA) is 43.1 Å². The Bertz CT molecular complexity index is 329. The number of nitrogens with two attached hydrogens (primary N) is 1. The third-order valence-electron chi connectivity index (χ3n) is 2.09. The summed E-state index contributed by atoms with van der Waals surface area (Å²) in [4.78, 5) is 0. The van der Waals surface area contributed by atoms with E-state index in [4.69, 9.17) is 5.73 Å². The zero-order valence-corrected chi connectivity index (χ0v) is 9.73. The molecule has 0 amide bonds. The van der Waals surface area contributed by atoms with Gasteiger partial charge in [0.1, 0.15) is 0 Å². The summed E-state index contributed by atoms with van der Waals surface area (Å²) in [6.07, 6.45) is 1.68. The van der Waals surface area contributed by atoms with E-state index in [0.717, 1.165) is 5.56 Å². The maximum absolute atomic E-state index is 11.0. The van der Waals surface area contributed by atoms with E-state index in [0.29, 0.717) is 5.75 Å². The Hall–Kier alpha value is -0.670. The first-order chi connectivity index (χ1) is 6.49. The minimum absolute atomic E-state index is 0.112. The van der Waals surface area contributed by atoms with Crippen LogP contribution in [0, 0.1) is 13.8 Å². The van der Waals surface area contributed by atoms with E-state index in [-0.39, 0.29) is 6.04 Å². The van der Waals surface area contributed by atoms with Crippen LogP contribution in [0.4, 0.5) is 0 Å². The van der Waals surface area contributed by atoms with Crippen molar-refractivity contribution in [1.29, 1.82) is 0 Å². The fourth-order valence-corrected chi connectivity index (χ4v) is 2.27. The molecular weight excluding hydrogens is 194 g/mol. The van der Waals surface area contributed by atoms with Crippen molar-refractivity contribution in [2.24, 2.45) is 5.73 Å². The molecule has 3 heteroatoms. The molecule has 2 N–H and O–H groups in total. The van der Waals surface area contributed by atoms with Crippen molar-refractivity contribution < 1.29 is 4.21 Å². The van der Waals surface area contributed by atoms with Crippen LogP contribution in [-0.2, 0) is 10.8 Å². The van der Waals surface area contributed by atoms with Crippen LogP contribution < -0.4 is 5.73 Å². The fraction of sp³-hybridized carbons (Fsp3) is 0.455. The van der Waals surface area contributed by atoms with Gasteiger partial charge < -0.3 is 5.73 Å². The lowest BCUT2D eigenvalue weighted by atomic mass is 10.0. The third kappa shape index (κ3) is 3.24. The number of hydrogen-bond acceptors (Lipinski definition) is 2.